The van der Waals surface area contributed by atoms with E-state index < -0.39 is 6.10 Å². The molecule has 2 aromatic heterocycles. The Hall–Kier alpha value is -2.40. The summed E-state index contributed by atoms with van der Waals surface area (Å²) in [6, 6.07) is 8.58. The first-order valence-electron chi connectivity index (χ1n) is 7.66. The van der Waals surface area contributed by atoms with Gasteiger partial charge < -0.3 is 9.67 Å². The van der Waals surface area contributed by atoms with E-state index >= 15 is 0 Å². The number of aromatic nitrogens is 4. The summed E-state index contributed by atoms with van der Waals surface area (Å²) in [5, 5.41) is 17.9. The van der Waals surface area contributed by atoms with Crippen LogP contribution in [0.1, 0.15) is 35.4 Å². The fraction of sp³-hybridized carbons (Fsp3) is 0.294. The fourth-order valence-corrected chi connectivity index (χ4v) is 4.11. The zero-order chi connectivity index (χ0) is 14.7. The van der Waals surface area contributed by atoms with Crippen LogP contribution in [0.15, 0.2) is 43.0 Å². The van der Waals surface area contributed by atoms with Gasteiger partial charge in [-0.05, 0) is 24.0 Å². The number of fused-ring (bicyclic) bond motifs is 4. The molecule has 110 valence electrons. The Balaban J connectivity index is 1.65. The van der Waals surface area contributed by atoms with Crippen LogP contribution in [0.4, 0.5) is 0 Å². The number of imidazole rings is 1. The predicted octanol–water partition coefficient (Wildman–Crippen LogP) is 2.47. The lowest BCUT2D eigenvalue weighted by Gasteiger charge is -2.33. The van der Waals surface area contributed by atoms with Crippen molar-refractivity contribution in [3.63, 3.8) is 0 Å². The number of hydrogen-bond donors (Lipinski definition) is 2. The molecule has 1 aliphatic carbocycles. The van der Waals surface area contributed by atoms with Crippen LogP contribution in [0.3, 0.4) is 0 Å². The molecule has 5 rings (SSSR count). The number of aliphatic hydroxyl groups is 1. The number of H-pyrrole nitrogens is 1. The topological polar surface area (TPSA) is 66.7 Å². The molecule has 1 unspecified atom stereocenters. The van der Waals surface area contributed by atoms with Gasteiger partial charge in [0.25, 0.3) is 0 Å². The third kappa shape index (κ3) is 1.46. The smallest absolute Gasteiger partial charge is 0.101 e. The average Bonchev–Trinajstić information content (AvgIpc) is 3.23. The van der Waals surface area contributed by atoms with Gasteiger partial charge in [-0.2, -0.15) is 5.10 Å². The number of aliphatic hydroxyl groups excluding tert-OH is 1. The second-order valence-electron chi connectivity index (χ2n) is 6.17. The molecule has 0 radical (unpaired) electrons. The van der Waals surface area contributed by atoms with Crippen molar-refractivity contribution >= 4 is 0 Å². The van der Waals surface area contributed by atoms with Gasteiger partial charge in [-0.3, -0.25) is 5.10 Å². The molecule has 0 bridgehead atoms. The van der Waals surface area contributed by atoms with Crippen LogP contribution in [0.2, 0.25) is 0 Å². The largest absolute Gasteiger partial charge is 0.386 e. The number of benzene rings is 1. The van der Waals surface area contributed by atoms with Crippen molar-refractivity contribution < 1.29 is 5.11 Å². The Kier molecular flexibility index (Phi) is 2.38. The van der Waals surface area contributed by atoms with E-state index in [4.69, 9.17) is 0 Å². The van der Waals surface area contributed by atoms with Gasteiger partial charge in [0.05, 0.1) is 36.2 Å². The average molecular weight is 292 g/mol. The van der Waals surface area contributed by atoms with E-state index in [2.05, 4.69) is 44.0 Å². The van der Waals surface area contributed by atoms with Crippen molar-refractivity contribution in [3.8, 4) is 11.3 Å². The second kappa shape index (κ2) is 4.30. The number of aromatic amines is 1. The Morgan fingerprint density at radius 2 is 2.14 bits per heavy atom. The van der Waals surface area contributed by atoms with Crippen LogP contribution in [-0.2, 0) is 6.42 Å². The van der Waals surface area contributed by atoms with E-state index in [9.17, 15) is 5.11 Å². The molecule has 1 aromatic carbocycles. The maximum atomic E-state index is 10.9. The SMILES string of the molecule is O[C@H]1c2[nH]ncc2CC[C@H]1C1c2ccccc2-c2cncn21. The third-order valence-corrected chi connectivity index (χ3v) is 5.13. The van der Waals surface area contributed by atoms with Gasteiger partial charge in [0.15, 0.2) is 0 Å². The molecule has 0 saturated heterocycles. The zero-order valence-corrected chi connectivity index (χ0v) is 12.0. The van der Waals surface area contributed by atoms with E-state index in [1.54, 1.807) is 0 Å². The summed E-state index contributed by atoms with van der Waals surface area (Å²) in [5.74, 6) is 0.129. The molecular formula is C17H16N4O. The molecule has 0 spiro atoms. The zero-order valence-electron chi connectivity index (χ0n) is 12.0. The van der Waals surface area contributed by atoms with Crippen LogP contribution in [-0.4, -0.2) is 24.9 Å². The highest BCUT2D eigenvalue weighted by molar-refractivity contribution is 5.69. The summed E-state index contributed by atoms with van der Waals surface area (Å²) in [7, 11) is 0. The van der Waals surface area contributed by atoms with Crippen molar-refractivity contribution in [2.24, 2.45) is 5.92 Å². The molecule has 3 atom stereocenters. The van der Waals surface area contributed by atoms with Crippen molar-refractivity contribution in [2.75, 3.05) is 0 Å². The molecule has 5 heteroatoms. The fourth-order valence-electron chi connectivity index (χ4n) is 4.11. The number of nitrogens with zero attached hydrogens (tertiary/aromatic N) is 3. The maximum absolute atomic E-state index is 10.9. The highest BCUT2D eigenvalue weighted by Gasteiger charge is 2.41. The highest BCUT2D eigenvalue weighted by Crippen LogP contribution is 2.49. The highest BCUT2D eigenvalue weighted by atomic mass is 16.3. The quantitative estimate of drug-likeness (QED) is 0.724. The molecule has 0 saturated carbocycles. The summed E-state index contributed by atoms with van der Waals surface area (Å²) in [6.07, 6.45) is 7.02. The summed E-state index contributed by atoms with van der Waals surface area (Å²) >= 11 is 0. The molecule has 22 heavy (non-hydrogen) atoms. The lowest BCUT2D eigenvalue weighted by Crippen LogP contribution is -2.28. The van der Waals surface area contributed by atoms with Crippen molar-refractivity contribution in [2.45, 2.75) is 25.0 Å². The Morgan fingerprint density at radius 1 is 1.23 bits per heavy atom. The van der Waals surface area contributed by atoms with E-state index in [0.29, 0.717) is 0 Å². The Bertz CT molecular complexity index is 850. The molecule has 3 heterocycles. The van der Waals surface area contributed by atoms with E-state index in [0.717, 1.165) is 29.8 Å². The summed E-state index contributed by atoms with van der Waals surface area (Å²) in [6.45, 7) is 0. The van der Waals surface area contributed by atoms with E-state index in [1.807, 2.05) is 18.7 Å². The van der Waals surface area contributed by atoms with Gasteiger partial charge in [0.1, 0.15) is 6.10 Å². The Labute approximate surface area is 127 Å². The van der Waals surface area contributed by atoms with E-state index in [-0.39, 0.29) is 12.0 Å². The van der Waals surface area contributed by atoms with Crippen LogP contribution >= 0.6 is 0 Å². The first kappa shape index (κ1) is 12.2. The number of nitrogens with one attached hydrogen (secondary N) is 1. The van der Waals surface area contributed by atoms with Crippen LogP contribution in [0.5, 0.6) is 0 Å². The van der Waals surface area contributed by atoms with Gasteiger partial charge in [0, 0.05) is 11.5 Å². The van der Waals surface area contributed by atoms with Gasteiger partial charge in [-0.25, -0.2) is 4.98 Å². The molecule has 2 N–H and O–H groups in total. The molecule has 0 amide bonds. The minimum absolute atomic E-state index is 0.129. The summed E-state index contributed by atoms with van der Waals surface area (Å²) in [4.78, 5) is 4.31. The molecular weight excluding hydrogens is 276 g/mol. The first-order chi connectivity index (χ1) is 10.8. The first-order valence-corrected chi connectivity index (χ1v) is 7.66. The minimum atomic E-state index is -0.516. The number of rotatable bonds is 1. The number of aryl methyl sites for hydroxylation is 1. The van der Waals surface area contributed by atoms with Gasteiger partial charge in [0.2, 0.25) is 0 Å². The molecule has 1 aliphatic heterocycles. The van der Waals surface area contributed by atoms with Crippen molar-refractivity contribution in [1.82, 2.24) is 19.7 Å². The van der Waals surface area contributed by atoms with Gasteiger partial charge >= 0.3 is 0 Å². The van der Waals surface area contributed by atoms with Crippen LogP contribution < -0.4 is 0 Å². The summed E-state index contributed by atoms with van der Waals surface area (Å²) < 4.78 is 2.21. The van der Waals surface area contributed by atoms with Crippen LogP contribution in [0.25, 0.3) is 11.3 Å². The summed E-state index contributed by atoms with van der Waals surface area (Å²) in [5.41, 5.74) is 5.67. The van der Waals surface area contributed by atoms with Crippen molar-refractivity contribution in [1.29, 1.82) is 0 Å². The standard InChI is InChI=1S/C17H16N4O/c22-17-13(6-5-10-7-19-20-15(10)17)16-12-4-2-1-3-11(12)14-8-18-9-21(14)16/h1-4,7-9,13,16-17,22H,5-6H2,(H,19,20)/t13-,16?,17+/m0/s1. The van der Waals surface area contributed by atoms with E-state index in [1.165, 1.54) is 11.1 Å². The molecule has 5 nitrogen and oxygen atoms in total. The Morgan fingerprint density at radius 3 is 3.09 bits per heavy atom. The minimum Gasteiger partial charge on any atom is -0.386 e. The van der Waals surface area contributed by atoms with Gasteiger partial charge in [-0.15, -0.1) is 0 Å². The molecule has 2 aliphatic rings. The normalized spacial score (nSPS) is 25.6. The lowest BCUT2D eigenvalue weighted by molar-refractivity contribution is 0.0684. The molecule has 0 fully saturated rings. The monoisotopic (exact) mass is 292 g/mol. The molecule has 3 aromatic rings. The number of hydrogen-bond acceptors (Lipinski definition) is 3. The predicted molar refractivity (Wildman–Crippen MR) is 81.2 cm³/mol. The van der Waals surface area contributed by atoms with Crippen LogP contribution in [0, 0.1) is 5.92 Å². The maximum Gasteiger partial charge on any atom is 0.101 e. The van der Waals surface area contributed by atoms with Crippen molar-refractivity contribution in [3.05, 3.63) is 59.8 Å². The third-order valence-electron chi connectivity index (χ3n) is 5.13. The lowest BCUT2D eigenvalue weighted by atomic mass is 9.78. The second-order valence-corrected chi connectivity index (χ2v) is 6.17. The van der Waals surface area contributed by atoms with Gasteiger partial charge in [-0.1, -0.05) is 24.3 Å².